The summed E-state index contributed by atoms with van der Waals surface area (Å²) in [6, 6.07) is 5.95. The molecule has 2 rings (SSSR count). The Hall–Kier alpha value is -2.01. The molecule has 1 aromatic heterocycles. The van der Waals surface area contributed by atoms with Gasteiger partial charge in [0.1, 0.15) is 11.6 Å². The molecule has 6 heteroatoms. The molecule has 1 aromatic carbocycles. The highest BCUT2D eigenvalue weighted by molar-refractivity contribution is 6.04. The van der Waals surface area contributed by atoms with E-state index in [2.05, 4.69) is 10.3 Å². The van der Waals surface area contributed by atoms with E-state index in [1.165, 1.54) is 30.6 Å². The lowest BCUT2D eigenvalue weighted by Gasteiger charge is -2.05. The predicted octanol–water partition coefficient (Wildman–Crippen LogP) is 3.03. The number of hydrogen-bond acceptors (Lipinski definition) is 2. The minimum atomic E-state index is -0.813. The van der Waals surface area contributed by atoms with Crippen LogP contribution in [0.2, 0.25) is 0 Å². The first-order chi connectivity index (χ1) is 8.16. The van der Waals surface area contributed by atoms with Crippen LogP contribution < -0.4 is 5.32 Å². The Morgan fingerprint density at radius 2 is 1.78 bits per heavy atom. The molecule has 0 spiro atoms. The Morgan fingerprint density at radius 3 is 2.39 bits per heavy atom. The minimum absolute atomic E-state index is 0. The predicted molar refractivity (Wildman–Crippen MR) is 65.8 cm³/mol. The molecule has 0 bridgehead atoms. The topological polar surface area (TPSA) is 42.0 Å². The molecule has 0 aliphatic carbocycles. The van der Waals surface area contributed by atoms with Gasteiger partial charge in [-0.15, -0.1) is 12.4 Å². The number of pyridine rings is 1. The molecule has 94 valence electrons. The van der Waals surface area contributed by atoms with Crippen molar-refractivity contribution in [3.63, 3.8) is 0 Å². The third-order valence-electron chi connectivity index (χ3n) is 2.12. The highest BCUT2D eigenvalue weighted by atomic mass is 35.5. The summed E-state index contributed by atoms with van der Waals surface area (Å²) in [5, 5.41) is 2.35. The lowest BCUT2D eigenvalue weighted by Crippen LogP contribution is -2.13. The third-order valence-corrected chi connectivity index (χ3v) is 2.12. The van der Waals surface area contributed by atoms with Gasteiger partial charge in [-0.3, -0.25) is 9.78 Å². The number of halogens is 3. The van der Waals surface area contributed by atoms with Gasteiger partial charge in [-0.05, 0) is 24.3 Å². The maximum absolute atomic E-state index is 13.3. The average Bonchev–Trinajstić information content (AvgIpc) is 2.34. The first-order valence-corrected chi connectivity index (χ1v) is 4.83. The molecule has 0 aliphatic rings. The molecule has 0 unspecified atom stereocenters. The van der Waals surface area contributed by atoms with Gasteiger partial charge in [0.15, 0.2) is 0 Å². The second kappa shape index (κ2) is 6.07. The van der Waals surface area contributed by atoms with Crippen molar-refractivity contribution in [2.75, 3.05) is 5.32 Å². The van der Waals surface area contributed by atoms with Crippen LogP contribution in [0.25, 0.3) is 0 Å². The van der Waals surface area contributed by atoms with E-state index >= 15 is 0 Å². The molecule has 18 heavy (non-hydrogen) atoms. The Bertz CT molecular complexity index is 549. The van der Waals surface area contributed by atoms with Crippen LogP contribution in [0.5, 0.6) is 0 Å². The van der Waals surface area contributed by atoms with Gasteiger partial charge < -0.3 is 5.32 Å². The summed E-state index contributed by atoms with van der Waals surface area (Å²) in [5.41, 5.74) is 0.289. The summed E-state index contributed by atoms with van der Waals surface area (Å²) in [4.78, 5) is 15.4. The van der Waals surface area contributed by atoms with Gasteiger partial charge in [-0.2, -0.15) is 0 Å². The molecule has 0 saturated carbocycles. The maximum Gasteiger partial charge on any atom is 0.255 e. The van der Waals surface area contributed by atoms with E-state index in [1.807, 2.05) is 0 Å². The van der Waals surface area contributed by atoms with Crippen LogP contribution in [-0.2, 0) is 0 Å². The standard InChI is InChI=1S/C12H8F2N2O.ClH/c13-9-1-2-11(10(14)7-9)16-12(17)8-3-5-15-6-4-8;/h1-7H,(H,16,17);1H. The Kier molecular flexibility index (Phi) is 4.74. The summed E-state index contributed by atoms with van der Waals surface area (Å²) < 4.78 is 25.9. The third kappa shape index (κ3) is 3.24. The van der Waals surface area contributed by atoms with Crippen molar-refractivity contribution in [3.05, 3.63) is 59.9 Å². The van der Waals surface area contributed by atoms with Gasteiger partial charge in [-0.25, -0.2) is 8.78 Å². The zero-order valence-corrected chi connectivity index (χ0v) is 9.88. The number of hydrogen-bond donors (Lipinski definition) is 1. The first kappa shape index (κ1) is 14.1. The zero-order chi connectivity index (χ0) is 12.3. The summed E-state index contributed by atoms with van der Waals surface area (Å²) in [6.07, 6.45) is 2.91. The van der Waals surface area contributed by atoms with E-state index in [0.717, 1.165) is 6.07 Å². The van der Waals surface area contributed by atoms with Crippen LogP contribution in [-0.4, -0.2) is 10.9 Å². The highest BCUT2D eigenvalue weighted by Gasteiger charge is 2.09. The largest absolute Gasteiger partial charge is 0.319 e. The molecule has 1 heterocycles. The SMILES string of the molecule is Cl.O=C(Nc1ccc(F)cc1F)c1ccncc1. The van der Waals surface area contributed by atoms with Crippen molar-refractivity contribution in [1.29, 1.82) is 0 Å². The molecular weight excluding hydrogens is 262 g/mol. The number of amides is 1. The molecule has 0 saturated heterocycles. The van der Waals surface area contributed by atoms with Gasteiger partial charge >= 0.3 is 0 Å². The van der Waals surface area contributed by atoms with Crippen LogP contribution >= 0.6 is 12.4 Å². The van der Waals surface area contributed by atoms with E-state index in [-0.39, 0.29) is 18.1 Å². The Labute approximate surface area is 108 Å². The van der Waals surface area contributed by atoms with Crippen molar-refractivity contribution in [2.45, 2.75) is 0 Å². The second-order valence-electron chi connectivity index (χ2n) is 3.31. The van der Waals surface area contributed by atoms with Crippen LogP contribution in [0.1, 0.15) is 10.4 Å². The molecule has 0 fully saturated rings. The fourth-order valence-corrected chi connectivity index (χ4v) is 1.29. The van der Waals surface area contributed by atoms with E-state index in [0.29, 0.717) is 11.6 Å². The van der Waals surface area contributed by atoms with Crippen molar-refractivity contribution < 1.29 is 13.6 Å². The Morgan fingerprint density at radius 1 is 1.11 bits per heavy atom. The summed E-state index contributed by atoms with van der Waals surface area (Å²) in [7, 11) is 0. The van der Waals surface area contributed by atoms with Gasteiger partial charge in [0.05, 0.1) is 5.69 Å². The molecule has 0 aliphatic heterocycles. The van der Waals surface area contributed by atoms with E-state index < -0.39 is 17.5 Å². The molecule has 3 nitrogen and oxygen atoms in total. The maximum atomic E-state index is 13.3. The number of nitrogens with one attached hydrogen (secondary N) is 1. The van der Waals surface area contributed by atoms with Crippen LogP contribution in [0.3, 0.4) is 0 Å². The lowest BCUT2D eigenvalue weighted by molar-refractivity contribution is 0.102. The summed E-state index contributed by atoms with van der Waals surface area (Å²) >= 11 is 0. The molecule has 1 amide bonds. The van der Waals surface area contributed by atoms with Crippen LogP contribution in [0.4, 0.5) is 14.5 Å². The monoisotopic (exact) mass is 270 g/mol. The molecule has 2 aromatic rings. The summed E-state index contributed by atoms with van der Waals surface area (Å²) in [5.74, 6) is -1.98. The van der Waals surface area contributed by atoms with Crippen LogP contribution in [0.15, 0.2) is 42.7 Å². The Balaban J connectivity index is 0.00000162. The number of anilines is 1. The minimum Gasteiger partial charge on any atom is -0.319 e. The van der Waals surface area contributed by atoms with Crippen molar-refractivity contribution in [2.24, 2.45) is 0 Å². The molecule has 0 atom stereocenters. The van der Waals surface area contributed by atoms with E-state index in [4.69, 9.17) is 0 Å². The molecular formula is C12H9ClF2N2O. The van der Waals surface area contributed by atoms with Gasteiger partial charge in [0.25, 0.3) is 5.91 Å². The number of carbonyl (C=O) groups is 1. The van der Waals surface area contributed by atoms with Crippen molar-refractivity contribution in [1.82, 2.24) is 4.98 Å². The van der Waals surface area contributed by atoms with Crippen molar-refractivity contribution in [3.8, 4) is 0 Å². The molecule has 0 radical (unpaired) electrons. The number of nitrogens with zero attached hydrogens (tertiary/aromatic N) is 1. The van der Waals surface area contributed by atoms with Crippen molar-refractivity contribution >= 4 is 24.0 Å². The van der Waals surface area contributed by atoms with Crippen LogP contribution in [0, 0.1) is 11.6 Å². The number of carbonyl (C=O) groups excluding carboxylic acids is 1. The summed E-state index contributed by atoms with van der Waals surface area (Å²) in [6.45, 7) is 0. The fourth-order valence-electron chi connectivity index (χ4n) is 1.29. The fraction of sp³-hybridized carbons (Fsp3) is 0. The van der Waals surface area contributed by atoms with Gasteiger partial charge in [0.2, 0.25) is 0 Å². The number of benzene rings is 1. The van der Waals surface area contributed by atoms with E-state index in [9.17, 15) is 13.6 Å². The number of rotatable bonds is 2. The quantitative estimate of drug-likeness (QED) is 0.911. The zero-order valence-electron chi connectivity index (χ0n) is 9.06. The normalized spacial score (nSPS) is 9.44. The lowest BCUT2D eigenvalue weighted by atomic mass is 10.2. The molecule has 1 N–H and O–H groups in total. The smallest absolute Gasteiger partial charge is 0.255 e. The second-order valence-corrected chi connectivity index (χ2v) is 3.31. The highest BCUT2D eigenvalue weighted by Crippen LogP contribution is 2.15. The average molecular weight is 271 g/mol. The van der Waals surface area contributed by atoms with Gasteiger partial charge in [-0.1, -0.05) is 0 Å². The van der Waals surface area contributed by atoms with Gasteiger partial charge in [0, 0.05) is 24.0 Å². The first-order valence-electron chi connectivity index (χ1n) is 4.83. The van der Waals surface area contributed by atoms with E-state index in [1.54, 1.807) is 0 Å². The number of aromatic nitrogens is 1.